The number of carbonyl (C=O) groups is 1. The first-order valence-electron chi connectivity index (χ1n) is 6.63. The molecule has 2 rings (SSSR count). The van der Waals surface area contributed by atoms with Gasteiger partial charge in [-0.3, -0.25) is 4.79 Å². The standard InChI is InChI=1S/C14H20N4O2/c1-18-8-7-11(9-18)16-14(19)12(13(15)17-20)10-5-3-2-4-6-10/h2-6,11-12,20H,7-9H2,1H3,(H2,15,17)(H,16,19). The molecule has 0 aromatic heterocycles. The number of nitrogens with zero attached hydrogens (tertiary/aromatic N) is 2. The van der Waals surface area contributed by atoms with Crippen LogP contribution in [0.3, 0.4) is 0 Å². The van der Waals surface area contributed by atoms with Gasteiger partial charge in [0, 0.05) is 12.6 Å². The summed E-state index contributed by atoms with van der Waals surface area (Å²) in [5.74, 6) is -1.08. The van der Waals surface area contributed by atoms with Crippen LogP contribution < -0.4 is 11.1 Å². The molecular weight excluding hydrogens is 256 g/mol. The predicted octanol–water partition coefficient (Wildman–Crippen LogP) is 0.337. The summed E-state index contributed by atoms with van der Waals surface area (Å²) in [6, 6.07) is 9.21. The number of hydrogen-bond donors (Lipinski definition) is 3. The Morgan fingerprint density at radius 2 is 2.20 bits per heavy atom. The Kier molecular flexibility index (Phi) is 4.57. The van der Waals surface area contributed by atoms with Crippen molar-refractivity contribution in [2.45, 2.75) is 18.4 Å². The summed E-state index contributed by atoms with van der Waals surface area (Å²) in [5, 5.41) is 14.9. The molecule has 0 radical (unpaired) electrons. The van der Waals surface area contributed by atoms with Crippen molar-refractivity contribution in [3.63, 3.8) is 0 Å². The number of amidine groups is 1. The Morgan fingerprint density at radius 3 is 2.75 bits per heavy atom. The van der Waals surface area contributed by atoms with Crippen LogP contribution in [0.15, 0.2) is 35.5 Å². The van der Waals surface area contributed by atoms with Gasteiger partial charge in [0.2, 0.25) is 5.91 Å². The number of carbonyl (C=O) groups excluding carboxylic acids is 1. The number of likely N-dealkylation sites (tertiary alicyclic amines) is 1. The van der Waals surface area contributed by atoms with Crippen molar-refractivity contribution in [1.29, 1.82) is 0 Å². The molecule has 1 amide bonds. The first kappa shape index (κ1) is 14.3. The van der Waals surface area contributed by atoms with Gasteiger partial charge in [0.1, 0.15) is 5.92 Å². The maximum absolute atomic E-state index is 12.4. The van der Waals surface area contributed by atoms with Gasteiger partial charge in [-0.25, -0.2) is 0 Å². The molecule has 1 fully saturated rings. The molecule has 2 unspecified atom stereocenters. The number of nitrogens with two attached hydrogens (primary N) is 1. The first-order valence-corrected chi connectivity index (χ1v) is 6.63. The largest absolute Gasteiger partial charge is 0.409 e. The molecule has 6 heteroatoms. The monoisotopic (exact) mass is 276 g/mol. The minimum Gasteiger partial charge on any atom is -0.409 e. The third-order valence-corrected chi connectivity index (χ3v) is 3.54. The number of oxime groups is 1. The van der Waals surface area contributed by atoms with E-state index in [-0.39, 0.29) is 17.8 Å². The Hall–Kier alpha value is -2.08. The minimum atomic E-state index is -0.757. The molecule has 1 heterocycles. The molecule has 1 aliphatic heterocycles. The fourth-order valence-electron chi connectivity index (χ4n) is 2.50. The van der Waals surface area contributed by atoms with Crippen LogP contribution in [-0.4, -0.2) is 48.0 Å². The van der Waals surface area contributed by atoms with Gasteiger partial charge in [0.15, 0.2) is 5.84 Å². The zero-order valence-corrected chi connectivity index (χ0v) is 11.5. The maximum atomic E-state index is 12.4. The van der Waals surface area contributed by atoms with Gasteiger partial charge in [-0.05, 0) is 25.6 Å². The van der Waals surface area contributed by atoms with Crippen LogP contribution in [0, 0.1) is 0 Å². The van der Waals surface area contributed by atoms with Gasteiger partial charge in [-0.15, -0.1) is 0 Å². The summed E-state index contributed by atoms with van der Waals surface area (Å²) >= 11 is 0. The van der Waals surface area contributed by atoms with Crippen molar-refractivity contribution in [2.24, 2.45) is 10.9 Å². The molecule has 0 aliphatic carbocycles. The SMILES string of the molecule is CN1CCC(NC(=O)C(C(N)=NO)c2ccccc2)C1. The summed E-state index contributed by atoms with van der Waals surface area (Å²) in [5.41, 5.74) is 6.39. The average Bonchev–Trinajstić information content (AvgIpc) is 2.85. The molecule has 0 saturated carbocycles. The van der Waals surface area contributed by atoms with E-state index in [0.29, 0.717) is 5.56 Å². The van der Waals surface area contributed by atoms with Crippen LogP contribution in [0.1, 0.15) is 17.9 Å². The first-order chi connectivity index (χ1) is 9.61. The highest BCUT2D eigenvalue weighted by atomic mass is 16.4. The molecule has 0 spiro atoms. The van der Waals surface area contributed by atoms with Crippen molar-refractivity contribution >= 4 is 11.7 Å². The zero-order chi connectivity index (χ0) is 14.5. The van der Waals surface area contributed by atoms with E-state index in [1.165, 1.54) is 0 Å². The van der Waals surface area contributed by atoms with Gasteiger partial charge in [0.05, 0.1) is 0 Å². The zero-order valence-electron chi connectivity index (χ0n) is 11.5. The fourth-order valence-corrected chi connectivity index (χ4v) is 2.50. The summed E-state index contributed by atoms with van der Waals surface area (Å²) < 4.78 is 0. The Bertz CT molecular complexity index is 489. The van der Waals surface area contributed by atoms with Crippen LogP contribution in [0.4, 0.5) is 0 Å². The maximum Gasteiger partial charge on any atom is 0.235 e. The van der Waals surface area contributed by atoms with Crippen LogP contribution in [0.25, 0.3) is 0 Å². The molecule has 1 aromatic carbocycles. The Morgan fingerprint density at radius 1 is 1.50 bits per heavy atom. The second kappa shape index (κ2) is 6.38. The normalized spacial score (nSPS) is 21.6. The molecule has 1 saturated heterocycles. The lowest BCUT2D eigenvalue weighted by molar-refractivity contribution is -0.121. The average molecular weight is 276 g/mol. The molecule has 6 nitrogen and oxygen atoms in total. The lowest BCUT2D eigenvalue weighted by Crippen LogP contribution is -2.43. The molecule has 2 atom stereocenters. The molecule has 4 N–H and O–H groups in total. The van der Waals surface area contributed by atoms with Crippen molar-refractivity contribution in [3.05, 3.63) is 35.9 Å². The van der Waals surface area contributed by atoms with Gasteiger partial charge in [-0.2, -0.15) is 0 Å². The summed E-state index contributed by atoms with van der Waals surface area (Å²) in [4.78, 5) is 14.6. The molecule has 0 bridgehead atoms. The van der Waals surface area contributed by atoms with Crippen molar-refractivity contribution in [2.75, 3.05) is 20.1 Å². The third kappa shape index (κ3) is 3.27. The lowest BCUT2D eigenvalue weighted by Gasteiger charge is -2.19. The quantitative estimate of drug-likeness (QED) is 0.320. The van der Waals surface area contributed by atoms with Crippen LogP contribution >= 0.6 is 0 Å². The number of hydrogen-bond acceptors (Lipinski definition) is 4. The number of rotatable bonds is 4. The Labute approximate surface area is 118 Å². The van der Waals surface area contributed by atoms with E-state index in [2.05, 4.69) is 15.4 Å². The van der Waals surface area contributed by atoms with Crippen molar-refractivity contribution < 1.29 is 10.0 Å². The van der Waals surface area contributed by atoms with Gasteiger partial charge in [0.25, 0.3) is 0 Å². The van der Waals surface area contributed by atoms with E-state index < -0.39 is 5.92 Å². The third-order valence-electron chi connectivity index (χ3n) is 3.54. The van der Waals surface area contributed by atoms with Crippen molar-refractivity contribution in [1.82, 2.24) is 10.2 Å². The van der Waals surface area contributed by atoms with E-state index >= 15 is 0 Å². The number of amides is 1. The van der Waals surface area contributed by atoms with Crippen LogP contribution in [-0.2, 0) is 4.79 Å². The molecule has 20 heavy (non-hydrogen) atoms. The number of likely N-dealkylation sites (N-methyl/N-ethyl adjacent to an activating group) is 1. The smallest absolute Gasteiger partial charge is 0.235 e. The number of nitrogens with one attached hydrogen (secondary N) is 1. The van der Waals surface area contributed by atoms with E-state index in [0.717, 1.165) is 19.5 Å². The topological polar surface area (TPSA) is 91.0 Å². The van der Waals surface area contributed by atoms with Gasteiger partial charge < -0.3 is 21.2 Å². The lowest BCUT2D eigenvalue weighted by atomic mass is 9.96. The van der Waals surface area contributed by atoms with E-state index in [9.17, 15) is 4.79 Å². The highest BCUT2D eigenvalue weighted by molar-refractivity contribution is 6.07. The number of benzene rings is 1. The Balaban J connectivity index is 2.13. The van der Waals surface area contributed by atoms with Gasteiger partial charge in [-0.1, -0.05) is 35.5 Å². The van der Waals surface area contributed by atoms with Gasteiger partial charge >= 0.3 is 0 Å². The van der Waals surface area contributed by atoms with Crippen molar-refractivity contribution in [3.8, 4) is 0 Å². The van der Waals surface area contributed by atoms with Crippen LogP contribution in [0.2, 0.25) is 0 Å². The summed E-state index contributed by atoms with van der Waals surface area (Å²) in [6.07, 6.45) is 0.917. The molecule has 108 valence electrons. The second-order valence-electron chi connectivity index (χ2n) is 5.12. The van der Waals surface area contributed by atoms with Crippen LogP contribution in [0.5, 0.6) is 0 Å². The fraction of sp³-hybridized carbons (Fsp3) is 0.429. The van der Waals surface area contributed by atoms with E-state index in [1.54, 1.807) is 12.1 Å². The highest BCUT2D eigenvalue weighted by Gasteiger charge is 2.29. The minimum absolute atomic E-state index is 0.0972. The van der Waals surface area contributed by atoms with E-state index in [4.69, 9.17) is 10.9 Å². The summed E-state index contributed by atoms with van der Waals surface area (Å²) in [6.45, 7) is 1.79. The summed E-state index contributed by atoms with van der Waals surface area (Å²) in [7, 11) is 2.02. The molecule has 1 aromatic rings. The molecule has 1 aliphatic rings. The predicted molar refractivity (Wildman–Crippen MR) is 76.6 cm³/mol. The molecular formula is C14H20N4O2. The highest BCUT2D eigenvalue weighted by Crippen LogP contribution is 2.17. The second-order valence-corrected chi connectivity index (χ2v) is 5.12. The van der Waals surface area contributed by atoms with E-state index in [1.807, 2.05) is 25.2 Å².